The number of aromatic nitrogens is 1. The Morgan fingerprint density at radius 2 is 1.94 bits per heavy atom. The van der Waals surface area contributed by atoms with Gasteiger partial charge in [0.05, 0.1) is 19.3 Å². The van der Waals surface area contributed by atoms with Crippen molar-refractivity contribution in [2.24, 2.45) is 0 Å². The molecule has 6 nitrogen and oxygen atoms in total. The van der Waals surface area contributed by atoms with E-state index < -0.39 is 0 Å². The van der Waals surface area contributed by atoms with Gasteiger partial charge in [-0.05, 0) is 80.4 Å². The van der Waals surface area contributed by atoms with E-state index in [1.807, 2.05) is 48.7 Å². The minimum Gasteiger partial charge on any atom is -0.508 e. The summed E-state index contributed by atoms with van der Waals surface area (Å²) in [4.78, 5) is 12.9. The maximum absolute atomic E-state index is 12.9. The van der Waals surface area contributed by atoms with Crippen LogP contribution in [0.15, 0.2) is 54.3 Å². The van der Waals surface area contributed by atoms with E-state index >= 15 is 0 Å². The molecule has 5 rings (SSSR count). The highest BCUT2D eigenvalue weighted by Gasteiger charge is 2.30. The number of carbonyl (C=O) groups excluding carboxylic acids is 1. The molecule has 0 radical (unpaired) electrons. The van der Waals surface area contributed by atoms with Crippen LogP contribution in [0.1, 0.15) is 59.5 Å². The van der Waals surface area contributed by atoms with Crippen LogP contribution in [0.5, 0.6) is 5.75 Å². The van der Waals surface area contributed by atoms with Gasteiger partial charge in [-0.2, -0.15) is 0 Å². The molecule has 2 aromatic carbocycles. The fourth-order valence-electron chi connectivity index (χ4n) is 5.55. The van der Waals surface area contributed by atoms with Crippen molar-refractivity contribution in [2.75, 3.05) is 21.2 Å². The summed E-state index contributed by atoms with van der Waals surface area (Å²) in [5, 5.41) is 11.7. The smallest absolute Gasteiger partial charge is 0.262 e. The van der Waals surface area contributed by atoms with Gasteiger partial charge in [0.2, 0.25) is 0 Å². The first-order valence-electron chi connectivity index (χ1n) is 12.5. The van der Waals surface area contributed by atoms with Gasteiger partial charge in [-0.25, -0.2) is 4.31 Å². The number of rotatable bonds is 6. The van der Waals surface area contributed by atoms with E-state index in [0.29, 0.717) is 18.0 Å². The molecule has 0 bridgehead atoms. The molecule has 188 valence electrons. The fraction of sp³-hybridized carbons (Fsp3) is 0.345. The molecule has 1 fully saturated rings. The second-order valence-corrected chi connectivity index (χ2v) is 10.9. The predicted molar refractivity (Wildman–Crippen MR) is 148 cm³/mol. The Balaban J connectivity index is 1.76. The molecular weight excluding hydrogens is 470 g/mol. The lowest BCUT2D eigenvalue weighted by Crippen LogP contribution is -2.20. The number of amides is 1. The number of aliphatic hydroxyl groups is 1. The Hall–Kier alpha value is -3.16. The SMILES string of the molecule is C=C(O)C1=Cc2cc(OC)ccc2-c2c(C3CCCCC3)c3ccc(C(=O)NSN(C)C)cc3n2C1. The summed E-state index contributed by atoms with van der Waals surface area (Å²) in [6.07, 6.45) is 8.06. The molecule has 3 aromatic rings. The number of nitrogens with one attached hydrogen (secondary N) is 1. The minimum absolute atomic E-state index is 0.0500. The second kappa shape index (κ2) is 10.1. The van der Waals surface area contributed by atoms with E-state index in [1.165, 1.54) is 48.0 Å². The summed E-state index contributed by atoms with van der Waals surface area (Å²) < 4.78 is 12.5. The molecule has 36 heavy (non-hydrogen) atoms. The van der Waals surface area contributed by atoms with E-state index in [1.54, 1.807) is 7.11 Å². The highest BCUT2D eigenvalue weighted by Crippen LogP contribution is 2.47. The van der Waals surface area contributed by atoms with E-state index in [-0.39, 0.29) is 11.7 Å². The first-order chi connectivity index (χ1) is 17.4. The molecule has 2 heterocycles. The Labute approximate surface area is 216 Å². The topological polar surface area (TPSA) is 66.7 Å². The van der Waals surface area contributed by atoms with Gasteiger partial charge >= 0.3 is 0 Å². The number of benzene rings is 2. The van der Waals surface area contributed by atoms with Crippen LogP contribution in [-0.2, 0) is 6.54 Å². The van der Waals surface area contributed by atoms with Crippen LogP contribution >= 0.6 is 12.1 Å². The monoisotopic (exact) mass is 503 g/mol. The summed E-state index contributed by atoms with van der Waals surface area (Å²) in [6, 6.07) is 12.2. The second-order valence-electron chi connectivity index (χ2n) is 9.82. The number of hydrogen-bond donors (Lipinski definition) is 2. The van der Waals surface area contributed by atoms with Gasteiger partial charge in [-0.1, -0.05) is 31.9 Å². The number of methoxy groups -OCH3 is 1. The normalized spacial score (nSPS) is 15.7. The molecule has 1 saturated carbocycles. The largest absolute Gasteiger partial charge is 0.508 e. The highest BCUT2D eigenvalue weighted by atomic mass is 32.2. The lowest BCUT2D eigenvalue weighted by molar-refractivity contribution is 0.0983. The zero-order valence-electron chi connectivity index (χ0n) is 21.1. The summed E-state index contributed by atoms with van der Waals surface area (Å²) in [6.45, 7) is 4.32. The average molecular weight is 504 g/mol. The Kier molecular flexibility index (Phi) is 6.86. The Morgan fingerprint density at radius 1 is 1.17 bits per heavy atom. The zero-order valence-corrected chi connectivity index (χ0v) is 22.0. The third-order valence-electron chi connectivity index (χ3n) is 7.24. The lowest BCUT2D eigenvalue weighted by atomic mass is 9.81. The van der Waals surface area contributed by atoms with E-state index in [0.717, 1.165) is 40.8 Å². The van der Waals surface area contributed by atoms with E-state index in [4.69, 9.17) is 4.74 Å². The molecule has 1 aliphatic carbocycles. The van der Waals surface area contributed by atoms with Gasteiger partial charge in [0, 0.05) is 39.7 Å². The molecule has 0 unspecified atom stereocenters. The standard InChI is InChI=1S/C29H33N3O3S/c1-18(33)22-14-21-15-23(35-4)11-13-24(21)28-27(19-8-6-5-7-9-19)25-12-10-20(16-26(25)32(28)17-22)29(34)30-36-31(2)3/h10-16,19,33H,1,5-9,17H2,2-4H3,(H,30,34). The van der Waals surface area contributed by atoms with Crippen LogP contribution in [0.4, 0.5) is 0 Å². The summed E-state index contributed by atoms with van der Waals surface area (Å²) in [7, 11) is 5.44. The molecule has 1 aromatic heterocycles. The van der Waals surface area contributed by atoms with E-state index in [2.05, 4.69) is 28.0 Å². The first kappa shape index (κ1) is 24.5. The van der Waals surface area contributed by atoms with Gasteiger partial charge in [0.15, 0.2) is 0 Å². The predicted octanol–water partition coefficient (Wildman–Crippen LogP) is 6.69. The van der Waals surface area contributed by atoms with Crippen LogP contribution < -0.4 is 9.46 Å². The van der Waals surface area contributed by atoms with Gasteiger partial charge in [-0.15, -0.1) is 0 Å². The molecule has 0 spiro atoms. The van der Waals surface area contributed by atoms with Gasteiger partial charge in [-0.3, -0.25) is 9.52 Å². The zero-order chi connectivity index (χ0) is 25.4. The maximum atomic E-state index is 12.9. The minimum atomic E-state index is -0.133. The van der Waals surface area contributed by atoms with Gasteiger partial charge < -0.3 is 14.4 Å². The number of fused-ring (bicyclic) bond motifs is 5. The van der Waals surface area contributed by atoms with Gasteiger partial charge in [0.1, 0.15) is 11.5 Å². The van der Waals surface area contributed by atoms with Crippen LogP contribution in [-0.4, -0.2) is 41.1 Å². The molecule has 1 amide bonds. The van der Waals surface area contributed by atoms with Crippen molar-refractivity contribution < 1.29 is 14.6 Å². The quantitative estimate of drug-likeness (QED) is 0.290. The van der Waals surface area contributed by atoms with Crippen LogP contribution in [0, 0.1) is 0 Å². The highest BCUT2D eigenvalue weighted by molar-refractivity contribution is 7.95. The van der Waals surface area contributed by atoms with Crippen molar-refractivity contribution in [1.82, 2.24) is 13.6 Å². The number of carbonyl (C=O) groups is 1. The number of ether oxygens (including phenoxy) is 1. The fourth-order valence-corrected chi connectivity index (χ4v) is 5.93. The molecule has 7 heteroatoms. The number of aliphatic hydroxyl groups excluding tert-OH is 1. The van der Waals surface area contributed by atoms with Crippen molar-refractivity contribution in [1.29, 1.82) is 0 Å². The molecule has 2 N–H and O–H groups in total. The summed E-state index contributed by atoms with van der Waals surface area (Å²) in [5.74, 6) is 1.14. The van der Waals surface area contributed by atoms with Crippen molar-refractivity contribution in [2.45, 2.75) is 44.6 Å². The van der Waals surface area contributed by atoms with Crippen molar-refractivity contribution >= 4 is 35.0 Å². The molecule has 2 aliphatic rings. The van der Waals surface area contributed by atoms with Crippen molar-refractivity contribution in [3.63, 3.8) is 0 Å². The van der Waals surface area contributed by atoms with Crippen molar-refractivity contribution in [3.05, 3.63) is 71.0 Å². The average Bonchev–Trinajstić information content (AvgIpc) is 3.09. The molecule has 0 saturated heterocycles. The van der Waals surface area contributed by atoms with Gasteiger partial charge in [0.25, 0.3) is 5.91 Å². The number of nitrogens with zero attached hydrogens (tertiary/aromatic N) is 2. The summed E-state index contributed by atoms with van der Waals surface area (Å²) in [5.41, 5.74) is 6.99. The first-order valence-corrected chi connectivity index (χ1v) is 13.2. The number of allylic oxidation sites excluding steroid dienone is 1. The lowest BCUT2D eigenvalue weighted by Gasteiger charge is -2.24. The Morgan fingerprint density at radius 3 is 2.64 bits per heavy atom. The third-order valence-corrected chi connectivity index (χ3v) is 7.88. The van der Waals surface area contributed by atoms with Crippen LogP contribution in [0.25, 0.3) is 28.2 Å². The Bertz CT molecular complexity index is 1370. The maximum Gasteiger partial charge on any atom is 0.262 e. The number of hydrogen-bond acceptors (Lipinski definition) is 5. The van der Waals surface area contributed by atoms with Crippen LogP contribution in [0.2, 0.25) is 0 Å². The van der Waals surface area contributed by atoms with Crippen LogP contribution in [0.3, 0.4) is 0 Å². The summed E-state index contributed by atoms with van der Waals surface area (Å²) >= 11 is 1.26. The molecule has 0 atom stereocenters. The van der Waals surface area contributed by atoms with E-state index in [9.17, 15) is 9.90 Å². The molecular formula is C29H33N3O3S. The third kappa shape index (κ3) is 4.53. The molecule has 1 aliphatic heterocycles. The van der Waals surface area contributed by atoms with Crippen molar-refractivity contribution in [3.8, 4) is 17.0 Å².